The number of nitrogens with one attached hydrogen (secondary N) is 1. The highest BCUT2D eigenvalue weighted by molar-refractivity contribution is 7.98. The molecule has 1 aromatic carbocycles. The Morgan fingerprint density at radius 2 is 2.06 bits per heavy atom. The van der Waals surface area contributed by atoms with Crippen LogP contribution in [0.25, 0.3) is 0 Å². The predicted octanol–water partition coefficient (Wildman–Crippen LogP) is 1.91. The topological polar surface area (TPSA) is 49.3 Å². The highest BCUT2D eigenvalue weighted by Crippen LogP contribution is 2.15. The molecule has 3 nitrogen and oxygen atoms in total. The summed E-state index contributed by atoms with van der Waals surface area (Å²) in [6, 6.07) is 7.62. The zero-order valence-corrected chi connectivity index (χ0v) is 11.1. The fourth-order valence-corrected chi connectivity index (χ4v) is 2.38. The molecule has 1 rings (SSSR count). The Morgan fingerprint density at radius 3 is 2.59 bits per heavy atom. The van der Waals surface area contributed by atoms with E-state index in [1.54, 1.807) is 18.8 Å². The Morgan fingerprint density at radius 1 is 1.41 bits per heavy atom. The van der Waals surface area contributed by atoms with E-state index < -0.39 is 0 Å². The lowest BCUT2D eigenvalue weighted by Crippen LogP contribution is -2.17. The molecule has 0 saturated carbocycles. The van der Waals surface area contributed by atoms with Gasteiger partial charge in [-0.25, -0.2) is 0 Å². The molecule has 0 unspecified atom stereocenters. The third-order valence-electron chi connectivity index (χ3n) is 2.43. The Labute approximate surface area is 107 Å². The van der Waals surface area contributed by atoms with Crippen LogP contribution < -0.4 is 5.32 Å². The minimum absolute atomic E-state index is 0.0573. The van der Waals surface area contributed by atoms with Crippen molar-refractivity contribution >= 4 is 17.7 Å². The number of aliphatic hydroxyl groups is 1. The summed E-state index contributed by atoms with van der Waals surface area (Å²) in [7, 11) is 1.63. The number of carbonyl (C=O) groups excluding carboxylic acids is 1. The number of rotatable bonds is 6. The maximum atomic E-state index is 11.3. The summed E-state index contributed by atoms with van der Waals surface area (Å²) in [6.07, 6.45) is 0. The van der Waals surface area contributed by atoms with Crippen molar-refractivity contribution in [1.29, 1.82) is 0 Å². The van der Waals surface area contributed by atoms with Gasteiger partial charge in [0.1, 0.15) is 0 Å². The van der Waals surface area contributed by atoms with Crippen LogP contribution in [0.1, 0.15) is 22.8 Å². The summed E-state index contributed by atoms with van der Waals surface area (Å²) in [5, 5.41) is 11.5. The molecule has 1 atom stereocenters. The second-order valence-corrected chi connectivity index (χ2v) is 5.11. The molecule has 0 spiro atoms. The third-order valence-corrected chi connectivity index (χ3v) is 3.77. The van der Waals surface area contributed by atoms with E-state index in [1.807, 2.05) is 31.2 Å². The molecule has 0 heterocycles. The Hall–Kier alpha value is -1.00. The minimum Gasteiger partial charge on any atom is -0.396 e. The second kappa shape index (κ2) is 7.35. The highest BCUT2D eigenvalue weighted by atomic mass is 32.2. The summed E-state index contributed by atoms with van der Waals surface area (Å²) < 4.78 is 0. The zero-order chi connectivity index (χ0) is 12.7. The second-order valence-electron chi connectivity index (χ2n) is 4.08. The van der Waals surface area contributed by atoms with E-state index in [2.05, 4.69) is 5.32 Å². The molecule has 0 aromatic heterocycles. The molecule has 1 amide bonds. The summed E-state index contributed by atoms with van der Waals surface area (Å²) in [4.78, 5) is 11.3. The van der Waals surface area contributed by atoms with E-state index in [0.717, 1.165) is 11.5 Å². The zero-order valence-electron chi connectivity index (χ0n) is 10.3. The van der Waals surface area contributed by atoms with Gasteiger partial charge in [-0.05, 0) is 29.4 Å². The summed E-state index contributed by atoms with van der Waals surface area (Å²) in [5.74, 6) is 2.15. The summed E-state index contributed by atoms with van der Waals surface area (Å²) >= 11 is 1.80. The average molecular weight is 253 g/mol. The van der Waals surface area contributed by atoms with E-state index in [1.165, 1.54) is 5.56 Å². The van der Waals surface area contributed by atoms with E-state index in [0.29, 0.717) is 11.5 Å². The number of hydrogen-bond acceptors (Lipinski definition) is 3. The van der Waals surface area contributed by atoms with Gasteiger partial charge < -0.3 is 10.4 Å². The predicted molar refractivity (Wildman–Crippen MR) is 72.2 cm³/mol. The molecule has 0 saturated heterocycles. The van der Waals surface area contributed by atoms with Crippen molar-refractivity contribution in [3.8, 4) is 0 Å². The van der Waals surface area contributed by atoms with E-state index in [4.69, 9.17) is 5.11 Å². The average Bonchev–Trinajstić information content (AvgIpc) is 2.38. The number of hydrogen-bond donors (Lipinski definition) is 2. The maximum Gasteiger partial charge on any atom is 0.251 e. The molecular weight excluding hydrogens is 234 g/mol. The number of aliphatic hydroxyl groups excluding tert-OH is 1. The van der Waals surface area contributed by atoms with Gasteiger partial charge in [-0.3, -0.25) is 4.79 Å². The molecule has 0 aliphatic carbocycles. The molecule has 1 aromatic rings. The molecule has 0 bridgehead atoms. The largest absolute Gasteiger partial charge is 0.396 e. The molecule has 0 aliphatic heterocycles. The van der Waals surface area contributed by atoms with Crippen LogP contribution in [0, 0.1) is 5.92 Å². The normalized spacial score (nSPS) is 12.2. The van der Waals surface area contributed by atoms with Gasteiger partial charge in [-0.1, -0.05) is 19.1 Å². The number of benzene rings is 1. The van der Waals surface area contributed by atoms with Crippen molar-refractivity contribution in [3.63, 3.8) is 0 Å². The lowest BCUT2D eigenvalue weighted by molar-refractivity contribution is 0.0963. The fraction of sp³-hybridized carbons (Fsp3) is 0.462. The van der Waals surface area contributed by atoms with E-state index in [9.17, 15) is 4.79 Å². The van der Waals surface area contributed by atoms with Gasteiger partial charge in [-0.15, -0.1) is 0 Å². The molecule has 0 radical (unpaired) electrons. The van der Waals surface area contributed by atoms with Crippen LogP contribution >= 0.6 is 11.8 Å². The Balaban J connectivity index is 2.43. The van der Waals surface area contributed by atoms with Crippen LogP contribution in [0.5, 0.6) is 0 Å². The minimum atomic E-state index is -0.0573. The van der Waals surface area contributed by atoms with Crippen molar-refractivity contribution in [2.24, 2.45) is 5.92 Å². The standard InChI is InChI=1S/C13H19NO2S/c1-10(7-15)8-17-9-11-3-5-12(6-4-11)13(16)14-2/h3-6,10,15H,7-9H2,1-2H3,(H,14,16)/t10-/m1/s1. The van der Waals surface area contributed by atoms with Gasteiger partial charge in [-0.2, -0.15) is 11.8 Å². The lowest BCUT2D eigenvalue weighted by Gasteiger charge is -2.07. The molecule has 94 valence electrons. The van der Waals surface area contributed by atoms with Crippen molar-refractivity contribution in [3.05, 3.63) is 35.4 Å². The first-order valence-corrected chi connectivity index (χ1v) is 6.82. The first-order valence-electron chi connectivity index (χ1n) is 5.67. The summed E-state index contributed by atoms with van der Waals surface area (Å²) in [5.41, 5.74) is 1.89. The molecule has 0 fully saturated rings. The van der Waals surface area contributed by atoms with Gasteiger partial charge in [0.05, 0.1) is 0 Å². The third kappa shape index (κ3) is 4.79. The smallest absolute Gasteiger partial charge is 0.251 e. The molecule has 2 N–H and O–H groups in total. The Bertz CT molecular complexity index is 351. The summed E-state index contributed by atoms with van der Waals surface area (Å²) in [6.45, 7) is 2.27. The van der Waals surface area contributed by atoms with Crippen LogP contribution in [0.3, 0.4) is 0 Å². The molecule has 0 aliphatic rings. The van der Waals surface area contributed by atoms with Crippen LogP contribution in [0.2, 0.25) is 0 Å². The molecular formula is C13H19NO2S. The van der Waals surface area contributed by atoms with Crippen LogP contribution in [-0.2, 0) is 5.75 Å². The van der Waals surface area contributed by atoms with E-state index >= 15 is 0 Å². The van der Waals surface area contributed by atoms with Crippen molar-refractivity contribution < 1.29 is 9.90 Å². The first kappa shape index (κ1) is 14.1. The fourth-order valence-electron chi connectivity index (χ4n) is 1.33. The van der Waals surface area contributed by atoms with Crippen molar-refractivity contribution in [2.45, 2.75) is 12.7 Å². The Kier molecular flexibility index (Phi) is 6.08. The maximum absolute atomic E-state index is 11.3. The van der Waals surface area contributed by atoms with Crippen LogP contribution in [0.15, 0.2) is 24.3 Å². The lowest BCUT2D eigenvalue weighted by atomic mass is 10.1. The monoisotopic (exact) mass is 253 g/mol. The van der Waals surface area contributed by atoms with Crippen LogP contribution in [-0.4, -0.2) is 30.4 Å². The number of amides is 1. The number of thioether (sulfide) groups is 1. The van der Waals surface area contributed by atoms with Gasteiger partial charge in [0, 0.05) is 25.0 Å². The van der Waals surface area contributed by atoms with Gasteiger partial charge in [0.15, 0.2) is 0 Å². The highest BCUT2D eigenvalue weighted by Gasteiger charge is 2.03. The molecule has 4 heteroatoms. The van der Waals surface area contributed by atoms with Gasteiger partial charge >= 0.3 is 0 Å². The van der Waals surface area contributed by atoms with Gasteiger partial charge in [0.25, 0.3) is 5.91 Å². The van der Waals surface area contributed by atoms with E-state index in [-0.39, 0.29) is 12.5 Å². The van der Waals surface area contributed by atoms with Crippen molar-refractivity contribution in [1.82, 2.24) is 5.32 Å². The van der Waals surface area contributed by atoms with Crippen LogP contribution in [0.4, 0.5) is 0 Å². The number of carbonyl (C=O) groups is 1. The quantitative estimate of drug-likeness (QED) is 0.814. The first-order chi connectivity index (χ1) is 8.17. The molecule has 17 heavy (non-hydrogen) atoms. The van der Waals surface area contributed by atoms with Gasteiger partial charge in [0.2, 0.25) is 0 Å². The SMILES string of the molecule is CNC(=O)c1ccc(CSC[C@H](C)CO)cc1. The van der Waals surface area contributed by atoms with Crippen molar-refractivity contribution in [2.75, 3.05) is 19.4 Å².